The molecule has 5 heteroatoms. The van der Waals surface area contributed by atoms with Crippen LogP contribution >= 0.6 is 0 Å². The second kappa shape index (κ2) is 6.79. The van der Waals surface area contributed by atoms with E-state index in [2.05, 4.69) is 29.1 Å². The number of aromatic nitrogens is 2. The van der Waals surface area contributed by atoms with Gasteiger partial charge in [0.2, 0.25) is 0 Å². The van der Waals surface area contributed by atoms with Gasteiger partial charge in [0.25, 0.3) is 5.91 Å². The minimum absolute atomic E-state index is 0.00625. The van der Waals surface area contributed by atoms with E-state index in [-0.39, 0.29) is 5.91 Å². The first kappa shape index (κ1) is 14.9. The minimum atomic E-state index is 0.00625. The first-order valence-corrected chi connectivity index (χ1v) is 7.37. The summed E-state index contributed by atoms with van der Waals surface area (Å²) in [6.07, 6.45) is 5.47. The molecule has 20 heavy (non-hydrogen) atoms. The highest BCUT2D eigenvalue weighted by Gasteiger charge is 2.25. The van der Waals surface area contributed by atoms with E-state index in [0.29, 0.717) is 17.7 Å². The molecule has 0 aromatic carbocycles. The topological polar surface area (TPSA) is 58.1 Å². The second-order valence-corrected chi connectivity index (χ2v) is 5.87. The van der Waals surface area contributed by atoms with E-state index in [9.17, 15) is 4.79 Å². The van der Waals surface area contributed by atoms with E-state index in [0.717, 1.165) is 31.7 Å². The maximum atomic E-state index is 12.4. The van der Waals surface area contributed by atoms with Gasteiger partial charge in [-0.25, -0.2) is 4.98 Å². The number of piperidine rings is 1. The molecule has 0 aliphatic carbocycles. The molecule has 2 heterocycles. The molecule has 1 saturated heterocycles. The Morgan fingerprint density at radius 1 is 1.45 bits per heavy atom. The Morgan fingerprint density at radius 2 is 2.25 bits per heavy atom. The summed E-state index contributed by atoms with van der Waals surface area (Å²) in [4.78, 5) is 22.6. The van der Waals surface area contributed by atoms with Gasteiger partial charge >= 0.3 is 0 Å². The summed E-state index contributed by atoms with van der Waals surface area (Å²) in [5.41, 5.74) is 1.28. The number of amides is 1. The molecule has 0 bridgehead atoms. The van der Waals surface area contributed by atoms with Gasteiger partial charge < -0.3 is 10.2 Å². The van der Waals surface area contributed by atoms with Gasteiger partial charge in [-0.1, -0.05) is 13.8 Å². The van der Waals surface area contributed by atoms with Crippen LogP contribution in [0.1, 0.15) is 42.9 Å². The lowest BCUT2D eigenvalue weighted by Gasteiger charge is -2.33. The van der Waals surface area contributed by atoms with Gasteiger partial charge in [-0.2, -0.15) is 0 Å². The van der Waals surface area contributed by atoms with Crippen molar-refractivity contribution < 1.29 is 4.79 Å². The van der Waals surface area contributed by atoms with Gasteiger partial charge in [0.1, 0.15) is 5.69 Å². The smallest absolute Gasteiger partial charge is 0.274 e. The third kappa shape index (κ3) is 4.00. The van der Waals surface area contributed by atoms with Crippen LogP contribution in [0.2, 0.25) is 0 Å². The van der Waals surface area contributed by atoms with E-state index in [1.54, 1.807) is 12.4 Å². The van der Waals surface area contributed by atoms with E-state index in [1.165, 1.54) is 6.42 Å². The molecular formula is C15H24N4O. The van der Waals surface area contributed by atoms with Crippen LogP contribution in [0.5, 0.6) is 0 Å². The van der Waals surface area contributed by atoms with Gasteiger partial charge in [0.15, 0.2) is 0 Å². The number of rotatable bonds is 4. The molecule has 1 N–H and O–H groups in total. The normalized spacial score (nSPS) is 19.4. The highest BCUT2D eigenvalue weighted by atomic mass is 16.2. The summed E-state index contributed by atoms with van der Waals surface area (Å²) < 4.78 is 0. The van der Waals surface area contributed by atoms with Crippen molar-refractivity contribution in [1.29, 1.82) is 0 Å². The molecule has 1 atom stereocenters. The van der Waals surface area contributed by atoms with Crippen LogP contribution in [0.25, 0.3) is 0 Å². The molecule has 1 amide bonds. The molecule has 110 valence electrons. The van der Waals surface area contributed by atoms with Crippen molar-refractivity contribution in [2.45, 2.75) is 39.7 Å². The molecule has 0 saturated carbocycles. The molecule has 1 fully saturated rings. The third-order valence-corrected chi connectivity index (χ3v) is 3.62. The Hall–Kier alpha value is -1.49. The Bertz CT molecular complexity index is 444. The lowest BCUT2D eigenvalue weighted by molar-refractivity contribution is 0.0665. The fraction of sp³-hybridized carbons (Fsp3) is 0.667. The zero-order chi connectivity index (χ0) is 14.5. The van der Waals surface area contributed by atoms with E-state index >= 15 is 0 Å². The fourth-order valence-corrected chi connectivity index (χ4v) is 2.48. The van der Waals surface area contributed by atoms with Crippen molar-refractivity contribution in [3.05, 3.63) is 23.8 Å². The second-order valence-electron chi connectivity index (χ2n) is 5.87. The maximum Gasteiger partial charge on any atom is 0.274 e. The molecule has 2 rings (SSSR count). The molecule has 0 spiro atoms. The molecule has 5 nitrogen and oxygen atoms in total. The zero-order valence-electron chi connectivity index (χ0n) is 12.6. The SMILES string of the molecule is Cc1cnc(C(=O)N2CCCC(CNC(C)C)C2)cn1. The molecule has 1 aromatic rings. The van der Waals surface area contributed by atoms with Crippen LogP contribution in [0.15, 0.2) is 12.4 Å². The van der Waals surface area contributed by atoms with Crippen molar-refractivity contribution in [2.24, 2.45) is 5.92 Å². The van der Waals surface area contributed by atoms with E-state index in [1.807, 2.05) is 11.8 Å². The monoisotopic (exact) mass is 276 g/mol. The number of nitrogens with one attached hydrogen (secondary N) is 1. The lowest BCUT2D eigenvalue weighted by Crippen LogP contribution is -2.44. The fourth-order valence-electron chi connectivity index (χ4n) is 2.48. The average molecular weight is 276 g/mol. The Balaban J connectivity index is 1.94. The van der Waals surface area contributed by atoms with Crippen molar-refractivity contribution in [1.82, 2.24) is 20.2 Å². The van der Waals surface area contributed by atoms with Crippen LogP contribution < -0.4 is 5.32 Å². The standard InChI is InChI=1S/C15H24N4O/c1-11(2)16-8-13-5-4-6-19(10-13)15(20)14-9-17-12(3)7-18-14/h7,9,11,13,16H,4-6,8,10H2,1-3H3. The zero-order valence-corrected chi connectivity index (χ0v) is 12.6. The predicted octanol–water partition coefficient (Wildman–Crippen LogP) is 1.64. The highest BCUT2D eigenvalue weighted by molar-refractivity contribution is 5.92. The molecular weight excluding hydrogens is 252 g/mol. The number of likely N-dealkylation sites (tertiary alicyclic amines) is 1. The van der Waals surface area contributed by atoms with Gasteiger partial charge in [0.05, 0.1) is 11.9 Å². The molecule has 1 aliphatic rings. The lowest BCUT2D eigenvalue weighted by atomic mass is 9.97. The van der Waals surface area contributed by atoms with Crippen LogP contribution in [0.3, 0.4) is 0 Å². The van der Waals surface area contributed by atoms with E-state index < -0.39 is 0 Å². The van der Waals surface area contributed by atoms with Gasteiger partial charge in [-0.05, 0) is 32.2 Å². The highest BCUT2D eigenvalue weighted by Crippen LogP contribution is 2.17. The van der Waals surface area contributed by atoms with Crippen molar-refractivity contribution in [2.75, 3.05) is 19.6 Å². The van der Waals surface area contributed by atoms with Crippen LogP contribution in [0, 0.1) is 12.8 Å². The number of hydrogen-bond donors (Lipinski definition) is 1. The molecule has 1 aromatic heterocycles. The summed E-state index contributed by atoms with van der Waals surface area (Å²) in [5, 5.41) is 3.46. The first-order valence-electron chi connectivity index (χ1n) is 7.37. The minimum Gasteiger partial charge on any atom is -0.337 e. The molecule has 1 aliphatic heterocycles. The summed E-state index contributed by atoms with van der Waals surface area (Å²) in [5.74, 6) is 0.542. The predicted molar refractivity (Wildman–Crippen MR) is 78.5 cm³/mol. The quantitative estimate of drug-likeness (QED) is 0.908. The van der Waals surface area contributed by atoms with Crippen molar-refractivity contribution in [3.8, 4) is 0 Å². The Morgan fingerprint density at radius 3 is 2.90 bits per heavy atom. The Labute approximate surface area is 120 Å². The summed E-state index contributed by atoms with van der Waals surface area (Å²) >= 11 is 0. The van der Waals surface area contributed by atoms with Crippen LogP contribution in [-0.4, -0.2) is 46.5 Å². The molecule has 0 radical (unpaired) electrons. The van der Waals surface area contributed by atoms with Crippen molar-refractivity contribution in [3.63, 3.8) is 0 Å². The summed E-state index contributed by atoms with van der Waals surface area (Å²) in [7, 11) is 0. The maximum absolute atomic E-state index is 12.4. The van der Waals surface area contributed by atoms with Crippen LogP contribution in [-0.2, 0) is 0 Å². The number of carbonyl (C=O) groups excluding carboxylic acids is 1. The largest absolute Gasteiger partial charge is 0.337 e. The first-order chi connectivity index (χ1) is 9.56. The average Bonchev–Trinajstić information content (AvgIpc) is 2.45. The van der Waals surface area contributed by atoms with Gasteiger partial charge in [-0.3, -0.25) is 9.78 Å². The molecule has 1 unspecified atom stereocenters. The van der Waals surface area contributed by atoms with E-state index in [4.69, 9.17) is 0 Å². The van der Waals surface area contributed by atoms with Crippen molar-refractivity contribution >= 4 is 5.91 Å². The summed E-state index contributed by atoms with van der Waals surface area (Å²) in [6.45, 7) is 8.78. The number of hydrogen-bond acceptors (Lipinski definition) is 4. The number of aryl methyl sites for hydroxylation is 1. The van der Waals surface area contributed by atoms with Crippen LogP contribution in [0.4, 0.5) is 0 Å². The number of carbonyl (C=O) groups is 1. The summed E-state index contributed by atoms with van der Waals surface area (Å²) in [6, 6.07) is 0.490. The number of nitrogens with zero attached hydrogens (tertiary/aromatic N) is 3. The third-order valence-electron chi connectivity index (χ3n) is 3.62. The van der Waals surface area contributed by atoms with Gasteiger partial charge in [0, 0.05) is 25.3 Å². The van der Waals surface area contributed by atoms with Gasteiger partial charge in [-0.15, -0.1) is 0 Å². The Kier molecular flexibility index (Phi) is 5.06.